The zero-order valence-corrected chi connectivity index (χ0v) is 10.4. The molecule has 0 heterocycles. The maximum absolute atomic E-state index is 13.5. The third kappa shape index (κ3) is 2.98. The van der Waals surface area contributed by atoms with Gasteiger partial charge in [0.05, 0.1) is 10.5 Å². The second kappa shape index (κ2) is 5.63. The predicted octanol–water partition coefficient (Wildman–Crippen LogP) is 3.80. The molecule has 0 aliphatic heterocycles. The quantitative estimate of drug-likeness (QED) is 0.800. The summed E-state index contributed by atoms with van der Waals surface area (Å²) < 4.78 is 26.6. The number of nitrogens with zero attached hydrogens (tertiary/aromatic N) is 1. The summed E-state index contributed by atoms with van der Waals surface area (Å²) in [4.78, 5) is 11.2. The fraction of sp³-hybridized carbons (Fsp3) is 0. The van der Waals surface area contributed by atoms with Gasteiger partial charge in [-0.3, -0.25) is 4.79 Å². The molecular weight excluding hydrogens is 268 g/mol. The van der Waals surface area contributed by atoms with Gasteiger partial charge in [-0.15, -0.1) is 0 Å². The SMILES string of the molecule is N#Cc1cc(C=O)ccc1Sc1cc(F)ccc1F. The number of nitriles is 1. The van der Waals surface area contributed by atoms with Crippen LogP contribution in [0.1, 0.15) is 15.9 Å². The number of benzene rings is 2. The van der Waals surface area contributed by atoms with Crippen LogP contribution in [-0.2, 0) is 0 Å². The molecule has 2 rings (SSSR count). The molecule has 2 aromatic carbocycles. The highest BCUT2D eigenvalue weighted by Gasteiger charge is 2.10. The first-order valence-electron chi connectivity index (χ1n) is 5.26. The highest BCUT2D eigenvalue weighted by Crippen LogP contribution is 2.32. The van der Waals surface area contributed by atoms with Crippen molar-refractivity contribution in [3.05, 3.63) is 59.2 Å². The Morgan fingerprint density at radius 3 is 2.58 bits per heavy atom. The van der Waals surface area contributed by atoms with Crippen LogP contribution in [-0.4, -0.2) is 6.29 Å². The number of halogens is 2. The van der Waals surface area contributed by atoms with Crippen LogP contribution in [0.4, 0.5) is 8.78 Å². The summed E-state index contributed by atoms with van der Waals surface area (Å²) in [7, 11) is 0. The zero-order chi connectivity index (χ0) is 13.8. The monoisotopic (exact) mass is 275 g/mol. The Morgan fingerprint density at radius 2 is 1.89 bits per heavy atom. The lowest BCUT2D eigenvalue weighted by molar-refractivity contribution is 0.112. The molecule has 0 radical (unpaired) electrons. The van der Waals surface area contributed by atoms with Gasteiger partial charge in [-0.1, -0.05) is 17.8 Å². The summed E-state index contributed by atoms with van der Waals surface area (Å²) in [6.45, 7) is 0. The maximum atomic E-state index is 13.5. The van der Waals surface area contributed by atoms with E-state index in [0.717, 1.165) is 30.0 Å². The van der Waals surface area contributed by atoms with E-state index < -0.39 is 11.6 Å². The minimum atomic E-state index is -0.560. The van der Waals surface area contributed by atoms with E-state index in [1.807, 2.05) is 6.07 Å². The molecule has 0 aliphatic rings. The second-order valence-electron chi connectivity index (χ2n) is 3.66. The third-order valence-electron chi connectivity index (χ3n) is 2.37. The number of hydrogen-bond acceptors (Lipinski definition) is 3. The summed E-state index contributed by atoms with van der Waals surface area (Å²) in [5, 5.41) is 8.99. The van der Waals surface area contributed by atoms with E-state index in [-0.39, 0.29) is 10.5 Å². The van der Waals surface area contributed by atoms with Gasteiger partial charge in [0, 0.05) is 10.5 Å². The van der Waals surface area contributed by atoms with E-state index in [9.17, 15) is 13.6 Å². The lowest BCUT2D eigenvalue weighted by atomic mass is 10.1. The van der Waals surface area contributed by atoms with Gasteiger partial charge in [0.1, 0.15) is 24.0 Å². The Morgan fingerprint density at radius 1 is 1.11 bits per heavy atom. The smallest absolute Gasteiger partial charge is 0.150 e. The van der Waals surface area contributed by atoms with Crippen LogP contribution in [0.2, 0.25) is 0 Å². The van der Waals surface area contributed by atoms with Crippen molar-refractivity contribution < 1.29 is 13.6 Å². The summed E-state index contributed by atoms with van der Waals surface area (Å²) in [5.41, 5.74) is 0.610. The molecule has 0 bridgehead atoms. The molecule has 5 heteroatoms. The van der Waals surface area contributed by atoms with E-state index in [1.54, 1.807) is 0 Å². The summed E-state index contributed by atoms with van der Waals surface area (Å²) in [6.07, 6.45) is 0.623. The summed E-state index contributed by atoms with van der Waals surface area (Å²) >= 11 is 0.945. The van der Waals surface area contributed by atoms with Crippen LogP contribution in [0.25, 0.3) is 0 Å². The molecule has 0 atom stereocenters. The first-order chi connectivity index (χ1) is 9.13. The fourth-order valence-electron chi connectivity index (χ4n) is 1.47. The molecule has 2 aromatic rings. The molecule has 94 valence electrons. The standard InChI is InChI=1S/C14H7F2NOS/c15-11-2-3-12(16)14(6-11)19-13-4-1-9(8-18)5-10(13)7-17/h1-6,8H. The highest BCUT2D eigenvalue weighted by molar-refractivity contribution is 7.99. The molecule has 0 aliphatic carbocycles. The van der Waals surface area contributed by atoms with Crippen molar-refractivity contribution in [2.75, 3.05) is 0 Å². The molecule has 0 aromatic heterocycles. The second-order valence-corrected chi connectivity index (χ2v) is 4.75. The van der Waals surface area contributed by atoms with Gasteiger partial charge in [0.15, 0.2) is 0 Å². The van der Waals surface area contributed by atoms with Crippen molar-refractivity contribution in [3.8, 4) is 6.07 Å². The van der Waals surface area contributed by atoms with E-state index in [1.165, 1.54) is 18.2 Å². The van der Waals surface area contributed by atoms with Crippen molar-refractivity contribution >= 4 is 18.0 Å². The van der Waals surface area contributed by atoms with Crippen LogP contribution >= 0.6 is 11.8 Å². The van der Waals surface area contributed by atoms with E-state index >= 15 is 0 Å². The highest BCUT2D eigenvalue weighted by atomic mass is 32.2. The lowest BCUT2D eigenvalue weighted by Gasteiger charge is -2.05. The first kappa shape index (κ1) is 13.2. The van der Waals surface area contributed by atoms with E-state index in [4.69, 9.17) is 5.26 Å². The number of hydrogen-bond donors (Lipinski definition) is 0. The van der Waals surface area contributed by atoms with Gasteiger partial charge in [0.2, 0.25) is 0 Å². The van der Waals surface area contributed by atoms with Crippen LogP contribution in [0.15, 0.2) is 46.2 Å². The van der Waals surface area contributed by atoms with Crippen LogP contribution in [0.5, 0.6) is 0 Å². The van der Waals surface area contributed by atoms with Crippen molar-refractivity contribution in [2.45, 2.75) is 9.79 Å². The maximum Gasteiger partial charge on any atom is 0.150 e. The predicted molar refractivity (Wildman–Crippen MR) is 67.0 cm³/mol. The number of aldehydes is 1. The van der Waals surface area contributed by atoms with E-state index in [2.05, 4.69) is 0 Å². The Bertz CT molecular complexity index is 680. The Kier molecular flexibility index (Phi) is 3.93. The Balaban J connectivity index is 2.41. The van der Waals surface area contributed by atoms with Gasteiger partial charge in [-0.2, -0.15) is 5.26 Å². The van der Waals surface area contributed by atoms with Crippen LogP contribution < -0.4 is 0 Å². The van der Waals surface area contributed by atoms with Gasteiger partial charge in [-0.05, 0) is 30.3 Å². The van der Waals surface area contributed by atoms with E-state index in [0.29, 0.717) is 16.7 Å². The van der Waals surface area contributed by atoms with Gasteiger partial charge < -0.3 is 0 Å². The normalized spacial score (nSPS) is 9.95. The minimum Gasteiger partial charge on any atom is -0.298 e. The molecule has 2 nitrogen and oxygen atoms in total. The Hall–Kier alpha value is -2.19. The average molecular weight is 275 g/mol. The largest absolute Gasteiger partial charge is 0.298 e. The molecule has 0 unspecified atom stereocenters. The molecule has 19 heavy (non-hydrogen) atoms. The van der Waals surface area contributed by atoms with Gasteiger partial charge >= 0.3 is 0 Å². The Labute approximate surface area is 112 Å². The average Bonchev–Trinajstić information content (AvgIpc) is 2.43. The van der Waals surface area contributed by atoms with Crippen molar-refractivity contribution in [1.29, 1.82) is 5.26 Å². The summed E-state index contributed by atoms with van der Waals surface area (Å²) in [6, 6.07) is 9.52. The number of carbonyl (C=O) groups excluding carboxylic acids is 1. The molecule has 0 saturated heterocycles. The van der Waals surface area contributed by atoms with Crippen molar-refractivity contribution in [2.24, 2.45) is 0 Å². The number of rotatable bonds is 3. The molecule has 0 N–H and O–H groups in total. The van der Waals surface area contributed by atoms with Crippen LogP contribution in [0.3, 0.4) is 0 Å². The van der Waals surface area contributed by atoms with Crippen molar-refractivity contribution in [3.63, 3.8) is 0 Å². The van der Waals surface area contributed by atoms with Crippen LogP contribution in [0, 0.1) is 23.0 Å². The number of carbonyl (C=O) groups is 1. The zero-order valence-electron chi connectivity index (χ0n) is 9.56. The lowest BCUT2D eigenvalue weighted by Crippen LogP contribution is -1.88. The summed E-state index contributed by atoms with van der Waals surface area (Å²) in [5.74, 6) is -1.11. The molecular formula is C14H7F2NOS. The molecule has 0 saturated carbocycles. The minimum absolute atomic E-state index is 0.0929. The van der Waals surface area contributed by atoms with Gasteiger partial charge in [0.25, 0.3) is 0 Å². The van der Waals surface area contributed by atoms with Crippen molar-refractivity contribution in [1.82, 2.24) is 0 Å². The molecule has 0 amide bonds. The van der Waals surface area contributed by atoms with Gasteiger partial charge in [-0.25, -0.2) is 8.78 Å². The molecule has 0 fully saturated rings. The topological polar surface area (TPSA) is 40.9 Å². The fourth-order valence-corrected chi connectivity index (χ4v) is 2.40. The third-order valence-corrected chi connectivity index (χ3v) is 3.48. The molecule has 0 spiro atoms. The first-order valence-corrected chi connectivity index (χ1v) is 6.08.